The molecule has 0 saturated heterocycles. The quantitative estimate of drug-likeness (QED) is 0.873. The maximum absolute atomic E-state index is 12.2. The highest BCUT2D eigenvalue weighted by Gasteiger charge is 2.14. The Morgan fingerprint density at radius 3 is 2.62 bits per heavy atom. The van der Waals surface area contributed by atoms with E-state index in [9.17, 15) is 4.79 Å². The Morgan fingerprint density at radius 2 is 1.88 bits per heavy atom. The number of hydrogen-bond donors (Lipinski definition) is 1. The highest BCUT2D eigenvalue weighted by Crippen LogP contribution is 2.25. The number of aryl methyl sites for hydroxylation is 3. The molecule has 0 radical (unpaired) electrons. The van der Waals surface area contributed by atoms with Gasteiger partial charge in [0.15, 0.2) is 0 Å². The molecule has 0 bridgehead atoms. The largest absolute Gasteiger partial charge is 0.497 e. The maximum atomic E-state index is 12.2. The fraction of sp³-hybridized carbons (Fsp3) is 0.381. The number of hydrogen-bond acceptors (Lipinski definition) is 2. The van der Waals surface area contributed by atoms with Gasteiger partial charge in [-0.3, -0.25) is 4.79 Å². The molecule has 0 fully saturated rings. The predicted octanol–water partition coefficient (Wildman–Crippen LogP) is 3.99. The molecule has 24 heavy (non-hydrogen) atoms. The first-order valence-corrected chi connectivity index (χ1v) is 8.69. The van der Waals surface area contributed by atoms with Crippen LogP contribution in [-0.4, -0.2) is 13.0 Å². The van der Waals surface area contributed by atoms with Gasteiger partial charge in [0.05, 0.1) is 13.2 Å². The first-order chi connectivity index (χ1) is 11.7. The molecule has 1 amide bonds. The second kappa shape index (κ2) is 7.52. The molecule has 0 unspecified atom stereocenters. The molecule has 1 aliphatic rings. The number of amides is 1. The lowest BCUT2D eigenvalue weighted by atomic mass is 10.0. The Hall–Kier alpha value is -2.29. The van der Waals surface area contributed by atoms with Crippen molar-refractivity contribution in [3.05, 3.63) is 64.7 Å². The molecule has 0 spiro atoms. The van der Waals surface area contributed by atoms with Gasteiger partial charge in [0.2, 0.25) is 5.91 Å². The van der Waals surface area contributed by atoms with Crippen LogP contribution in [-0.2, 0) is 24.1 Å². The van der Waals surface area contributed by atoms with E-state index in [-0.39, 0.29) is 11.9 Å². The van der Waals surface area contributed by atoms with Gasteiger partial charge in [-0.25, -0.2) is 0 Å². The van der Waals surface area contributed by atoms with Gasteiger partial charge in [-0.1, -0.05) is 30.3 Å². The second-order valence-corrected chi connectivity index (χ2v) is 6.52. The summed E-state index contributed by atoms with van der Waals surface area (Å²) in [6.45, 7) is 2.06. The Labute approximate surface area is 144 Å². The van der Waals surface area contributed by atoms with Crippen molar-refractivity contribution in [2.75, 3.05) is 7.11 Å². The summed E-state index contributed by atoms with van der Waals surface area (Å²) in [5, 5.41) is 3.12. The molecule has 2 aromatic carbocycles. The summed E-state index contributed by atoms with van der Waals surface area (Å²) in [5.74, 6) is 0.937. The lowest BCUT2D eigenvalue weighted by molar-refractivity contribution is -0.121. The van der Waals surface area contributed by atoms with Crippen LogP contribution in [0, 0.1) is 0 Å². The number of ether oxygens (including phenoxy) is 1. The zero-order valence-corrected chi connectivity index (χ0v) is 14.5. The third-order valence-electron chi connectivity index (χ3n) is 4.80. The first-order valence-electron chi connectivity index (χ1n) is 8.69. The fourth-order valence-corrected chi connectivity index (χ4v) is 3.31. The van der Waals surface area contributed by atoms with Gasteiger partial charge in [-0.05, 0) is 67.0 Å². The van der Waals surface area contributed by atoms with Crippen LogP contribution in [0.1, 0.15) is 48.1 Å². The minimum atomic E-state index is 0.0549. The lowest BCUT2D eigenvalue weighted by Gasteiger charge is -2.16. The number of methoxy groups -OCH3 is 1. The molecular formula is C21H25NO2. The molecule has 126 valence electrons. The summed E-state index contributed by atoms with van der Waals surface area (Å²) in [4.78, 5) is 12.2. The van der Waals surface area contributed by atoms with E-state index in [2.05, 4.69) is 30.4 Å². The summed E-state index contributed by atoms with van der Waals surface area (Å²) in [5.41, 5.74) is 5.27. The van der Waals surface area contributed by atoms with Crippen LogP contribution >= 0.6 is 0 Å². The lowest BCUT2D eigenvalue weighted by Crippen LogP contribution is -2.26. The first kappa shape index (κ1) is 16.6. The topological polar surface area (TPSA) is 38.3 Å². The van der Waals surface area contributed by atoms with Gasteiger partial charge in [0, 0.05) is 6.42 Å². The number of benzene rings is 2. The monoisotopic (exact) mass is 323 g/mol. The molecule has 3 rings (SSSR count). The van der Waals surface area contributed by atoms with Crippen LogP contribution in [0.25, 0.3) is 0 Å². The van der Waals surface area contributed by atoms with E-state index in [1.54, 1.807) is 7.11 Å². The van der Waals surface area contributed by atoms with Gasteiger partial charge < -0.3 is 10.1 Å². The second-order valence-electron chi connectivity index (χ2n) is 6.52. The Morgan fingerprint density at radius 1 is 1.12 bits per heavy atom. The third-order valence-corrected chi connectivity index (χ3v) is 4.80. The van der Waals surface area contributed by atoms with Crippen LogP contribution in [0.15, 0.2) is 42.5 Å². The number of fused-ring (bicyclic) bond motifs is 1. The predicted molar refractivity (Wildman–Crippen MR) is 96.3 cm³/mol. The van der Waals surface area contributed by atoms with Gasteiger partial charge in [0.25, 0.3) is 0 Å². The Bertz CT molecular complexity index is 706. The van der Waals surface area contributed by atoms with Crippen molar-refractivity contribution in [1.82, 2.24) is 5.32 Å². The summed E-state index contributed by atoms with van der Waals surface area (Å²) in [7, 11) is 1.66. The van der Waals surface area contributed by atoms with E-state index in [0.717, 1.165) is 17.7 Å². The van der Waals surface area contributed by atoms with E-state index in [4.69, 9.17) is 4.74 Å². The minimum Gasteiger partial charge on any atom is -0.497 e. The molecule has 1 atom stereocenters. The summed E-state index contributed by atoms with van der Waals surface area (Å²) in [6.07, 6.45) is 4.86. The molecule has 2 aromatic rings. The molecule has 0 saturated carbocycles. The number of nitrogens with one attached hydrogen (secondary N) is 1. The van der Waals surface area contributed by atoms with Gasteiger partial charge >= 0.3 is 0 Å². The fourth-order valence-electron chi connectivity index (χ4n) is 3.31. The number of carbonyl (C=O) groups is 1. The van der Waals surface area contributed by atoms with E-state index >= 15 is 0 Å². The summed E-state index contributed by atoms with van der Waals surface area (Å²) >= 11 is 0. The van der Waals surface area contributed by atoms with Crippen molar-refractivity contribution in [1.29, 1.82) is 0 Å². The van der Waals surface area contributed by atoms with Gasteiger partial charge in [-0.15, -0.1) is 0 Å². The van der Waals surface area contributed by atoms with E-state index in [1.807, 2.05) is 24.3 Å². The zero-order chi connectivity index (χ0) is 16.9. The number of rotatable bonds is 6. The molecule has 0 heterocycles. The summed E-state index contributed by atoms with van der Waals surface area (Å²) in [6, 6.07) is 14.6. The number of carbonyl (C=O) groups excluding carboxylic acids is 1. The van der Waals surface area contributed by atoms with E-state index < -0.39 is 0 Å². The van der Waals surface area contributed by atoms with Crippen molar-refractivity contribution >= 4 is 5.91 Å². The van der Waals surface area contributed by atoms with Crippen LogP contribution in [0.3, 0.4) is 0 Å². The van der Waals surface area contributed by atoms with Crippen molar-refractivity contribution in [3.8, 4) is 5.75 Å². The average Bonchev–Trinajstić information content (AvgIpc) is 3.08. The van der Waals surface area contributed by atoms with Crippen LogP contribution in [0.5, 0.6) is 5.75 Å². The third kappa shape index (κ3) is 3.97. The summed E-state index contributed by atoms with van der Waals surface area (Å²) < 4.78 is 5.15. The minimum absolute atomic E-state index is 0.0549. The van der Waals surface area contributed by atoms with Crippen molar-refractivity contribution < 1.29 is 9.53 Å². The normalized spacial score (nSPS) is 14.1. The highest BCUT2D eigenvalue weighted by molar-refractivity contribution is 5.76. The smallest absolute Gasteiger partial charge is 0.220 e. The van der Waals surface area contributed by atoms with Crippen LogP contribution in [0.4, 0.5) is 0 Å². The van der Waals surface area contributed by atoms with Crippen molar-refractivity contribution in [3.63, 3.8) is 0 Å². The molecular weight excluding hydrogens is 298 g/mol. The van der Waals surface area contributed by atoms with Gasteiger partial charge in [-0.2, -0.15) is 0 Å². The standard InChI is InChI=1S/C21H25NO2/c1-15(18-10-9-17-4-3-5-19(17)14-18)22-21(23)13-8-16-6-11-20(24-2)12-7-16/h6-7,9-12,14-15H,3-5,8,13H2,1-2H3,(H,22,23)/t15-/m1/s1. The molecule has 1 N–H and O–H groups in total. The van der Waals surface area contributed by atoms with Crippen LogP contribution < -0.4 is 10.1 Å². The van der Waals surface area contributed by atoms with Crippen molar-refractivity contribution in [2.24, 2.45) is 0 Å². The van der Waals surface area contributed by atoms with Gasteiger partial charge in [0.1, 0.15) is 5.75 Å². The molecule has 3 heteroatoms. The highest BCUT2D eigenvalue weighted by atomic mass is 16.5. The molecule has 0 aromatic heterocycles. The molecule has 3 nitrogen and oxygen atoms in total. The Kier molecular flexibility index (Phi) is 5.19. The molecule has 1 aliphatic carbocycles. The van der Waals surface area contributed by atoms with Crippen LogP contribution in [0.2, 0.25) is 0 Å². The average molecular weight is 323 g/mol. The molecule has 0 aliphatic heterocycles. The van der Waals surface area contributed by atoms with E-state index in [0.29, 0.717) is 6.42 Å². The maximum Gasteiger partial charge on any atom is 0.220 e. The zero-order valence-electron chi connectivity index (χ0n) is 14.5. The Balaban J connectivity index is 1.52. The SMILES string of the molecule is COc1ccc(CCC(=O)N[C@H](C)c2ccc3c(c2)CCC3)cc1. The van der Waals surface area contributed by atoms with Crippen molar-refractivity contribution in [2.45, 2.75) is 45.1 Å². The van der Waals surface area contributed by atoms with E-state index in [1.165, 1.54) is 36.0 Å².